The Kier molecular flexibility index (Phi) is 9.66. The van der Waals surface area contributed by atoms with Crippen LogP contribution < -0.4 is 5.73 Å². The Bertz CT molecular complexity index is 432. The van der Waals surface area contributed by atoms with Crippen LogP contribution in [-0.4, -0.2) is 54.7 Å². The Hall–Kier alpha value is -1.14. The van der Waals surface area contributed by atoms with Crippen molar-refractivity contribution >= 4 is 11.9 Å². The molecule has 0 aliphatic rings. The van der Waals surface area contributed by atoms with Crippen molar-refractivity contribution in [3.8, 4) is 0 Å². The highest BCUT2D eigenvalue weighted by molar-refractivity contribution is 5.82. The van der Waals surface area contributed by atoms with E-state index in [1.165, 1.54) is 0 Å². The van der Waals surface area contributed by atoms with Gasteiger partial charge in [-0.2, -0.15) is 0 Å². The first-order valence-corrected chi connectivity index (χ1v) is 9.12. The molecule has 2 N–H and O–H groups in total. The molecule has 6 heteroatoms. The van der Waals surface area contributed by atoms with Gasteiger partial charge >= 0.3 is 5.97 Å². The summed E-state index contributed by atoms with van der Waals surface area (Å²) in [5.74, 6) is -0.270. The molecular formula is C19H38N2O4. The highest BCUT2D eigenvalue weighted by Crippen LogP contribution is 2.23. The van der Waals surface area contributed by atoms with E-state index in [-0.39, 0.29) is 36.2 Å². The molecule has 0 aromatic rings. The second-order valence-electron chi connectivity index (χ2n) is 8.16. The van der Waals surface area contributed by atoms with Gasteiger partial charge in [-0.3, -0.25) is 9.59 Å². The molecule has 6 nitrogen and oxygen atoms in total. The van der Waals surface area contributed by atoms with Gasteiger partial charge in [-0.25, -0.2) is 0 Å². The number of nitrogens with two attached hydrogens (primary N) is 1. The van der Waals surface area contributed by atoms with E-state index in [2.05, 4.69) is 13.8 Å². The van der Waals surface area contributed by atoms with Crippen LogP contribution in [0.2, 0.25) is 0 Å². The van der Waals surface area contributed by atoms with Crippen LogP contribution in [0.5, 0.6) is 0 Å². The lowest BCUT2D eigenvalue weighted by molar-refractivity contribution is -0.160. The van der Waals surface area contributed by atoms with Gasteiger partial charge in [0.15, 0.2) is 0 Å². The van der Waals surface area contributed by atoms with E-state index >= 15 is 0 Å². The van der Waals surface area contributed by atoms with E-state index in [9.17, 15) is 9.59 Å². The minimum atomic E-state index is -0.574. The van der Waals surface area contributed by atoms with E-state index in [0.29, 0.717) is 0 Å². The third-order valence-electron chi connectivity index (χ3n) is 4.50. The third-order valence-corrected chi connectivity index (χ3v) is 4.50. The average Bonchev–Trinajstić information content (AvgIpc) is 2.49. The summed E-state index contributed by atoms with van der Waals surface area (Å²) in [6.45, 7) is 13.4. The molecule has 4 atom stereocenters. The standard InChI is InChI=1S/C19H38N2O4/c1-10-13(4)17(21(8)18(23)16(20)12(2)3)14(24-9)11-15(22)25-19(5,6)7/h12-14,16-17H,10-11,20H2,1-9H3/t13-,14?,16-,17-/m0/s1. The Morgan fingerprint density at radius 3 is 2.04 bits per heavy atom. The number of hydrogen-bond acceptors (Lipinski definition) is 5. The van der Waals surface area contributed by atoms with Crippen LogP contribution in [-0.2, 0) is 19.1 Å². The van der Waals surface area contributed by atoms with Crippen LogP contribution in [0.25, 0.3) is 0 Å². The number of nitrogens with zero attached hydrogens (tertiary/aromatic N) is 1. The molecule has 25 heavy (non-hydrogen) atoms. The molecular weight excluding hydrogens is 320 g/mol. The Labute approximate surface area is 153 Å². The van der Waals surface area contributed by atoms with Crippen LogP contribution in [0, 0.1) is 11.8 Å². The number of amides is 1. The number of carbonyl (C=O) groups is 2. The average molecular weight is 359 g/mol. The van der Waals surface area contributed by atoms with Crippen molar-refractivity contribution < 1.29 is 19.1 Å². The predicted octanol–water partition coefficient (Wildman–Crippen LogP) is 2.59. The first kappa shape index (κ1) is 23.9. The SMILES string of the molecule is CC[C@H](C)[C@@H](C(CC(=O)OC(C)(C)C)OC)N(C)C(=O)[C@@H](N)C(C)C. The summed E-state index contributed by atoms with van der Waals surface area (Å²) in [6.07, 6.45) is 0.503. The number of hydrogen-bond donors (Lipinski definition) is 1. The predicted molar refractivity (Wildman–Crippen MR) is 100 cm³/mol. The topological polar surface area (TPSA) is 81.9 Å². The quantitative estimate of drug-likeness (QED) is 0.641. The van der Waals surface area contributed by atoms with Gasteiger partial charge in [0.25, 0.3) is 0 Å². The molecule has 0 aromatic carbocycles. The van der Waals surface area contributed by atoms with Crippen LogP contribution in [0.1, 0.15) is 61.3 Å². The molecule has 0 aromatic heterocycles. The molecule has 0 aliphatic heterocycles. The van der Waals surface area contributed by atoms with Crippen molar-refractivity contribution in [3.63, 3.8) is 0 Å². The molecule has 148 valence electrons. The number of ether oxygens (including phenoxy) is 2. The number of methoxy groups -OCH3 is 1. The van der Waals surface area contributed by atoms with Crippen molar-refractivity contribution in [1.82, 2.24) is 4.90 Å². The molecule has 0 heterocycles. The fraction of sp³-hybridized carbons (Fsp3) is 0.895. The highest BCUT2D eigenvalue weighted by Gasteiger charge is 2.36. The van der Waals surface area contributed by atoms with Gasteiger partial charge in [-0.05, 0) is 32.6 Å². The summed E-state index contributed by atoms with van der Waals surface area (Å²) in [7, 11) is 3.30. The molecule has 1 unspecified atom stereocenters. The summed E-state index contributed by atoms with van der Waals surface area (Å²) in [6, 6.07) is -0.824. The van der Waals surface area contributed by atoms with E-state index in [1.807, 2.05) is 34.6 Å². The number of likely N-dealkylation sites (N-methyl/N-ethyl adjacent to an activating group) is 1. The summed E-state index contributed by atoms with van der Waals surface area (Å²) >= 11 is 0. The van der Waals surface area contributed by atoms with Crippen LogP contribution >= 0.6 is 0 Å². The number of carbonyl (C=O) groups excluding carboxylic acids is 2. The maximum atomic E-state index is 12.7. The van der Waals surface area contributed by atoms with E-state index < -0.39 is 17.7 Å². The molecule has 0 saturated heterocycles. The maximum Gasteiger partial charge on any atom is 0.309 e. The van der Waals surface area contributed by atoms with Crippen molar-refractivity contribution in [2.45, 2.75) is 85.1 Å². The van der Waals surface area contributed by atoms with Gasteiger partial charge in [0.05, 0.1) is 24.6 Å². The molecule has 0 spiro atoms. The Morgan fingerprint density at radius 2 is 1.68 bits per heavy atom. The van der Waals surface area contributed by atoms with Crippen LogP contribution in [0.3, 0.4) is 0 Å². The van der Waals surface area contributed by atoms with Crippen molar-refractivity contribution in [3.05, 3.63) is 0 Å². The molecule has 0 rings (SSSR count). The van der Waals surface area contributed by atoms with Crippen LogP contribution in [0.15, 0.2) is 0 Å². The first-order valence-electron chi connectivity index (χ1n) is 9.12. The van der Waals surface area contributed by atoms with Gasteiger partial charge in [0.1, 0.15) is 5.60 Å². The lowest BCUT2D eigenvalue weighted by Crippen LogP contribution is -2.55. The van der Waals surface area contributed by atoms with Crippen LogP contribution in [0.4, 0.5) is 0 Å². The van der Waals surface area contributed by atoms with E-state index in [0.717, 1.165) is 6.42 Å². The molecule has 0 aliphatic carbocycles. The summed E-state index contributed by atoms with van der Waals surface area (Å²) in [5.41, 5.74) is 5.49. The summed E-state index contributed by atoms with van der Waals surface area (Å²) < 4.78 is 11.0. The fourth-order valence-corrected chi connectivity index (χ4v) is 2.80. The minimum absolute atomic E-state index is 0.0411. The zero-order valence-electron chi connectivity index (χ0n) is 17.5. The summed E-state index contributed by atoms with van der Waals surface area (Å²) in [4.78, 5) is 26.6. The molecule has 1 amide bonds. The van der Waals surface area contributed by atoms with Gasteiger partial charge in [0, 0.05) is 14.2 Å². The van der Waals surface area contributed by atoms with Gasteiger partial charge < -0.3 is 20.1 Å². The minimum Gasteiger partial charge on any atom is -0.460 e. The second-order valence-corrected chi connectivity index (χ2v) is 8.16. The first-order chi connectivity index (χ1) is 11.4. The Balaban J connectivity index is 5.39. The van der Waals surface area contributed by atoms with Crippen molar-refractivity contribution in [1.29, 1.82) is 0 Å². The largest absolute Gasteiger partial charge is 0.460 e. The fourth-order valence-electron chi connectivity index (χ4n) is 2.80. The number of esters is 1. The summed E-state index contributed by atoms with van der Waals surface area (Å²) in [5, 5.41) is 0. The lowest BCUT2D eigenvalue weighted by Gasteiger charge is -2.39. The van der Waals surface area contributed by atoms with E-state index in [4.69, 9.17) is 15.2 Å². The lowest BCUT2D eigenvalue weighted by atomic mass is 9.90. The molecule has 0 fully saturated rings. The number of rotatable bonds is 9. The zero-order valence-corrected chi connectivity index (χ0v) is 17.5. The smallest absolute Gasteiger partial charge is 0.309 e. The van der Waals surface area contributed by atoms with Gasteiger partial charge in [0.2, 0.25) is 5.91 Å². The highest BCUT2D eigenvalue weighted by atomic mass is 16.6. The normalized spacial score (nSPS) is 16.9. The van der Waals surface area contributed by atoms with E-state index in [1.54, 1.807) is 19.1 Å². The van der Waals surface area contributed by atoms with Gasteiger partial charge in [-0.15, -0.1) is 0 Å². The van der Waals surface area contributed by atoms with Crippen molar-refractivity contribution in [2.75, 3.05) is 14.2 Å². The van der Waals surface area contributed by atoms with Crippen molar-refractivity contribution in [2.24, 2.45) is 17.6 Å². The molecule has 0 saturated carbocycles. The Morgan fingerprint density at radius 1 is 1.16 bits per heavy atom. The molecule has 0 bridgehead atoms. The maximum absolute atomic E-state index is 12.7. The van der Waals surface area contributed by atoms with Gasteiger partial charge in [-0.1, -0.05) is 34.1 Å². The monoisotopic (exact) mass is 358 g/mol. The third kappa shape index (κ3) is 7.74. The second kappa shape index (κ2) is 10.1. The zero-order chi connectivity index (χ0) is 19.9. The molecule has 0 radical (unpaired) electrons.